The third-order valence-corrected chi connectivity index (χ3v) is 4.52. The quantitative estimate of drug-likeness (QED) is 0.661. The van der Waals surface area contributed by atoms with E-state index in [1.165, 1.54) is 4.90 Å². The number of methoxy groups -OCH3 is 1. The van der Waals surface area contributed by atoms with Crippen molar-refractivity contribution in [2.45, 2.75) is 19.6 Å². The summed E-state index contributed by atoms with van der Waals surface area (Å²) >= 11 is 0. The van der Waals surface area contributed by atoms with Gasteiger partial charge in [0, 0.05) is 24.6 Å². The number of carbonyl (C=O) groups excluding carboxylic acids is 2. The second-order valence-corrected chi connectivity index (χ2v) is 6.40. The molecule has 0 saturated heterocycles. The van der Waals surface area contributed by atoms with Crippen LogP contribution in [0.2, 0.25) is 0 Å². The molecule has 10 heteroatoms. The molecular formula is C19H18N6O4. The fourth-order valence-corrected chi connectivity index (χ4v) is 3.04. The average Bonchev–Trinajstić information content (AvgIpc) is 3.23. The van der Waals surface area contributed by atoms with Crippen LogP contribution in [-0.4, -0.2) is 38.4 Å². The fraction of sp³-hybridized carbons (Fsp3) is 0.211. The lowest BCUT2D eigenvalue weighted by atomic mass is 10.3. The maximum Gasteiger partial charge on any atom is 0.354 e. The lowest BCUT2D eigenvalue weighted by molar-refractivity contribution is -0.122. The Morgan fingerprint density at radius 1 is 1.21 bits per heavy atom. The van der Waals surface area contributed by atoms with Gasteiger partial charge in [-0.05, 0) is 35.9 Å². The third-order valence-electron chi connectivity index (χ3n) is 4.52. The zero-order valence-corrected chi connectivity index (χ0v) is 15.6. The highest BCUT2D eigenvalue weighted by Gasteiger charge is 2.33. The van der Waals surface area contributed by atoms with Gasteiger partial charge in [0.15, 0.2) is 5.82 Å². The molecule has 148 valence electrons. The van der Waals surface area contributed by atoms with Gasteiger partial charge >= 0.3 is 11.7 Å². The molecule has 0 atom stereocenters. The van der Waals surface area contributed by atoms with E-state index in [4.69, 9.17) is 4.74 Å². The van der Waals surface area contributed by atoms with Crippen LogP contribution in [0.25, 0.3) is 0 Å². The van der Waals surface area contributed by atoms with E-state index >= 15 is 0 Å². The van der Waals surface area contributed by atoms with Gasteiger partial charge in [-0.3, -0.25) is 14.7 Å². The molecule has 29 heavy (non-hydrogen) atoms. The maximum atomic E-state index is 12.7. The Balaban J connectivity index is 1.44. The first-order valence-electron chi connectivity index (χ1n) is 8.87. The molecule has 3 aromatic rings. The van der Waals surface area contributed by atoms with Crippen LogP contribution in [0.1, 0.15) is 11.4 Å². The summed E-state index contributed by atoms with van der Waals surface area (Å²) in [6, 6.07) is 10.0. The lowest BCUT2D eigenvalue weighted by Crippen LogP contribution is -2.37. The Bertz CT molecular complexity index is 1100. The Hall–Kier alpha value is -3.95. The van der Waals surface area contributed by atoms with Crippen molar-refractivity contribution >= 4 is 17.6 Å². The summed E-state index contributed by atoms with van der Waals surface area (Å²) in [6.07, 6.45) is 3.29. The standard InChI is InChI=1S/C19H18N6O4/c1-29-15-6-4-14(5-7-15)23-11-16-22-24(19(28)25(16)18(23)27)12-17(26)21-10-13-3-2-8-20-9-13/h2-9H,10-12H2,1H3,(H,21,26). The first-order valence-corrected chi connectivity index (χ1v) is 8.87. The van der Waals surface area contributed by atoms with E-state index in [1.807, 2.05) is 6.07 Å². The second-order valence-electron chi connectivity index (χ2n) is 6.40. The maximum absolute atomic E-state index is 12.7. The zero-order chi connectivity index (χ0) is 20.4. The monoisotopic (exact) mass is 394 g/mol. The number of hydrogen-bond acceptors (Lipinski definition) is 6. The largest absolute Gasteiger partial charge is 0.497 e. The van der Waals surface area contributed by atoms with E-state index in [9.17, 15) is 14.4 Å². The highest BCUT2D eigenvalue weighted by molar-refractivity contribution is 5.96. The summed E-state index contributed by atoms with van der Waals surface area (Å²) in [5.74, 6) is 0.570. The molecule has 0 fully saturated rings. The molecule has 0 aliphatic carbocycles. The molecule has 4 rings (SSSR count). The van der Waals surface area contributed by atoms with Crippen LogP contribution >= 0.6 is 0 Å². The zero-order valence-electron chi connectivity index (χ0n) is 15.6. The summed E-state index contributed by atoms with van der Waals surface area (Å²) in [7, 11) is 1.56. The van der Waals surface area contributed by atoms with Gasteiger partial charge in [-0.2, -0.15) is 9.67 Å². The van der Waals surface area contributed by atoms with Crippen LogP contribution in [0.15, 0.2) is 53.6 Å². The molecule has 1 N–H and O–H groups in total. The van der Waals surface area contributed by atoms with Gasteiger partial charge in [-0.1, -0.05) is 6.07 Å². The van der Waals surface area contributed by atoms with Crippen LogP contribution in [-0.2, 0) is 24.4 Å². The Morgan fingerprint density at radius 2 is 2.00 bits per heavy atom. The Kier molecular flexibility index (Phi) is 4.82. The molecule has 1 aliphatic rings. The van der Waals surface area contributed by atoms with Gasteiger partial charge in [0.05, 0.1) is 13.7 Å². The van der Waals surface area contributed by atoms with Crippen molar-refractivity contribution in [3.63, 3.8) is 0 Å². The normalized spacial score (nSPS) is 12.7. The van der Waals surface area contributed by atoms with Gasteiger partial charge in [-0.25, -0.2) is 14.3 Å². The molecule has 0 saturated carbocycles. The molecule has 0 unspecified atom stereocenters. The number of rotatable bonds is 6. The van der Waals surface area contributed by atoms with Crippen molar-refractivity contribution in [1.29, 1.82) is 0 Å². The molecular weight excluding hydrogens is 376 g/mol. The first-order chi connectivity index (χ1) is 14.1. The molecule has 0 radical (unpaired) electrons. The van der Waals surface area contributed by atoms with E-state index in [0.29, 0.717) is 18.0 Å². The molecule has 1 aromatic carbocycles. The lowest BCUT2D eigenvalue weighted by Gasteiger charge is -2.15. The van der Waals surface area contributed by atoms with Gasteiger partial charge in [0.25, 0.3) is 0 Å². The number of ether oxygens (including phenoxy) is 1. The Labute approximate surface area is 165 Å². The number of aromatic nitrogens is 4. The predicted octanol–water partition coefficient (Wildman–Crippen LogP) is 0.753. The number of hydrogen-bond donors (Lipinski definition) is 1. The van der Waals surface area contributed by atoms with Crippen LogP contribution in [0.4, 0.5) is 10.5 Å². The molecule has 0 bridgehead atoms. The Morgan fingerprint density at radius 3 is 2.66 bits per heavy atom. The second kappa shape index (κ2) is 7.58. The van der Waals surface area contributed by atoms with E-state index in [-0.39, 0.29) is 24.8 Å². The van der Waals surface area contributed by atoms with Gasteiger partial charge in [0.1, 0.15) is 12.3 Å². The van der Waals surface area contributed by atoms with Crippen molar-refractivity contribution in [3.8, 4) is 5.75 Å². The number of nitrogens with zero attached hydrogens (tertiary/aromatic N) is 5. The summed E-state index contributed by atoms with van der Waals surface area (Å²) in [5, 5.41) is 6.85. The highest BCUT2D eigenvalue weighted by atomic mass is 16.5. The molecule has 2 amide bonds. The molecule has 2 aromatic heterocycles. The molecule has 10 nitrogen and oxygen atoms in total. The number of amides is 2. The molecule has 1 aliphatic heterocycles. The summed E-state index contributed by atoms with van der Waals surface area (Å²) in [6.45, 7) is 0.165. The van der Waals surface area contributed by atoms with Gasteiger partial charge < -0.3 is 10.1 Å². The van der Waals surface area contributed by atoms with Crippen LogP contribution in [0.5, 0.6) is 5.75 Å². The first kappa shape index (κ1) is 18.4. The van der Waals surface area contributed by atoms with Gasteiger partial charge in [-0.15, -0.1) is 0 Å². The number of pyridine rings is 1. The SMILES string of the molecule is COc1ccc(N2Cc3nn(CC(=O)NCc4cccnc4)c(=O)n3C2=O)cc1. The predicted molar refractivity (Wildman–Crippen MR) is 103 cm³/mol. The number of anilines is 1. The van der Waals surface area contributed by atoms with Crippen molar-refractivity contribution in [1.82, 2.24) is 24.6 Å². The minimum atomic E-state index is -0.641. The van der Waals surface area contributed by atoms with Crippen molar-refractivity contribution < 1.29 is 14.3 Å². The molecule has 3 heterocycles. The number of nitrogens with one attached hydrogen (secondary N) is 1. The smallest absolute Gasteiger partial charge is 0.354 e. The van der Waals surface area contributed by atoms with E-state index < -0.39 is 11.7 Å². The van der Waals surface area contributed by atoms with E-state index in [2.05, 4.69) is 15.4 Å². The minimum Gasteiger partial charge on any atom is -0.497 e. The highest BCUT2D eigenvalue weighted by Crippen LogP contribution is 2.24. The van der Waals surface area contributed by atoms with Crippen molar-refractivity contribution in [2.24, 2.45) is 0 Å². The third kappa shape index (κ3) is 3.59. The van der Waals surface area contributed by atoms with Crippen LogP contribution in [0, 0.1) is 0 Å². The van der Waals surface area contributed by atoms with Crippen molar-refractivity contribution in [2.75, 3.05) is 12.0 Å². The topological polar surface area (TPSA) is 111 Å². The van der Waals surface area contributed by atoms with Crippen molar-refractivity contribution in [3.05, 3.63) is 70.7 Å². The van der Waals surface area contributed by atoms with Crippen LogP contribution in [0.3, 0.4) is 0 Å². The van der Waals surface area contributed by atoms with E-state index in [0.717, 1.165) is 14.8 Å². The average molecular weight is 394 g/mol. The summed E-state index contributed by atoms with van der Waals surface area (Å²) in [4.78, 5) is 42.8. The number of carbonyl (C=O) groups is 2. The fourth-order valence-electron chi connectivity index (χ4n) is 3.04. The van der Waals surface area contributed by atoms with Gasteiger partial charge in [0.2, 0.25) is 5.91 Å². The summed E-state index contributed by atoms with van der Waals surface area (Å²) in [5.41, 5.74) is 0.824. The molecule has 0 spiro atoms. The van der Waals surface area contributed by atoms with Crippen LogP contribution < -0.4 is 20.6 Å². The number of benzene rings is 1. The minimum absolute atomic E-state index is 0.144. The van der Waals surface area contributed by atoms with E-state index in [1.54, 1.807) is 49.8 Å². The summed E-state index contributed by atoms with van der Waals surface area (Å²) < 4.78 is 7.09. The number of fused-ring (bicyclic) bond motifs is 1.